The zero-order valence-electron chi connectivity index (χ0n) is 15.3. The first-order chi connectivity index (χ1) is 13.6. The summed E-state index contributed by atoms with van der Waals surface area (Å²) in [6, 6.07) is 9.65. The lowest BCUT2D eigenvalue weighted by molar-refractivity contribution is 0.0606. The molecular formula is C21H20FN5O. The highest BCUT2D eigenvalue weighted by Crippen LogP contribution is 2.37. The molecule has 3 heterocycles. The number of carbonyl (C=O) groups excluding carboxylic acids is 1. The van der Waals surface area contributed by atoms with Crippen molar-refractivity contribution in [1.29, 1.82) is 0 Å². The molecule has 2 N–H and O–H groups in total. The Morgan fingerprint density at radius 1 is 1.11 bits per heavy atom. The molecule has 1 amide bonds. The number of carbonyl (C=O) groups is 1. The predicted octanol–water partition coefficient (Wildman–Crippen LogP) is 3.63. The molecule has 1 aromatic carbocycles. The second-order valence-corrected chi connectivity index (χ2v) is 6.76. The maximum Gasteiger partial charge on any atom is 0.255 e. The fraction of sp³-hybridized carbons (Fsp3) is 0.238. The Morgan fingerprint density at radius 3 is 2.75 bits per heavy atom. The molecule has 28 heavy (non-hydrogen) atoms. The van der Waals surface area contributed by atoms with Gasteiger partial charge in [0.05, 0.1) is 17.3 Å². The van der Waals surface area contributed by atoms with Crippen molar-refractivity contribution in [1.82, 2.24) is 19.9 Å². The van der Waals surface area contributed by atoms with Crippen LogP contribution in [0.15, 0.2) is 55.0 Å². The number of hydrogen-bond donors (Lipinski definition) is 1. The van der Waals surface area contributed by atoms with Crippen molar-refractivity contribution in [3.8, 4) is 11.1 Å². The number of aromatic nitrogens is 3. The van der Waals surface area contributed by atoms with Crippen molar-refractivity contribution in [2.75, 3.05) is 12.3 Å². The Hall–Kier alpha value is -3.35. The number of nitrogens with zero attached hydrogens (tertiary/aromatic N) is 4. The lowest BCUT2D eigenvalue weighted by atomic mass is 9.93. The Balaban J connectivity index is 1.79. The van der Waals surface area contributed by atoms with E-state index in [4.69, 9.17) is 5.73 Å². The molecule has 0 bridgehead atoms. The number of piperidine rings is 1. The van der Waals surface area contributed by atoms with Crippen molar-refractivity contribution in [3.05, 3.63) is 72.1 Å². The summed E-state index contributed by atoms with van der Waals surface area (Å²) in [4.78, 5) is 27.4. The maximum absolute atomic E-state index is 14.5. The molecule has 1 atom stereocenters. The number of likely N-dealkylation sites (tertiary alicyclic amines) is 1. The van der Waals surface area contributed by atoms with Gasteiger partial charge in [-0.05, 0) is 37.5 Å². The Kier molecular flexibility index (Phi) is 4.97. The third kappa shape index (κ3) is 3.43. The first-order valence-electron chi connectivity index (χ1n) is 9.23. The zero-order valence-corrected chi connectivity index (χ0v) is 15.3. The molecule has 142 valence electrons. The van der Waals surface area contributed by atoms with E-state index in [2.05, 4.69) is 15.0 Å². The SMILES string of the molecule is Nc1ncc(-c2ccccc2F)c([C@@H]2CCCCN2C(=O)c2cccnc2)n1. The second-order valence-electron chi connectivity index (χ2n) is 6.76. The fourth-order valence-corrected chi connectivity index (χ4v) is 3.66. The summed E-state index contributed by atoms with van der Waals surface area (Å²) >= 11 is 0. The van der Waals surface area contributed by atoms with Gasteiger partial charge in [0.2, 0.25) is 5.95 Å². The number of benzene rings is 1. The summed E-state index contributed by atoms with van der Waals surface area (Å²) in [5, 5.41) is 0. The molecule has 2 aromatic heterocycles. The lowest BCUT2D eigenvalue weighted by Gasteiger charge is -2.36. The molecule has 1 aliphatic heterocycles. The van der Waals surface area contributed by atoms with Gasteiger partial charge in [-0.1, -0.05) is 18.2 Å². The Bertz CT molecular complexity index is 995. The number of halogens is 1. The largest absolute Gasteiger partial charge is 0.368 e. The van der Waals surface area contributed by atoms with Crippen molar-refractivity contribution in [3.63, 3.8) is 0 Å². The fourth-order valence-electron chi connectivity index (χ4n) is 3.66. The van der Waals surface area contributed by atoms with Gasteiger partial charge in [-0.25, -0.2) is 14.4 Å². The zero-order chi connectivity index (χ0) is 19.5. The van der Waals surface area contributed by atoms with Gasteiger partial charge in [0, 0.05) is 36.3 Å². The van der Waals surface area contributed by atoms with Crippen molar-refractivity contribution < 1.29 is 9.18 Å². The summed E-state index contributed by atoms with van der Waals surface area (Å²) in [7, 11) is 0. The molecule has 4 rings (SSSR count). The maximum atomic E-state index is 14.5. The average Bonchev–Trinajstić information content (AvgIpc) is 2.74. The van der Waals surface area contributed by atoms with Crippen LogP contribution in [-0.4, -0.2) is 32.3 Å². The molecule has 1 saturated heterocycles. The molecule has 1 fully saturated rings. The van der Waals surface area contributed by atoms with Crippen molar-refractivity contribution >= 4 is 11.9 Å². The minimum Gasteiger partial charge on any atom is -0.368 e. The van der Waals surface area contributed by atoms with Crippen LogP contribution in [0.25, 0.3) is 11.1 Å². The highest BCUT2D eigenvalue weighted by Gasteiger charge is 2.32. The Labute approximate surface area is 162 Å². The van der Waals surface area contributed by atoms with Crippen molar-refractivity contribution in [2.24, 2.45) is 0 Å². The van der Waals surface area contributed by atoms with Gasteiger partial charge in [-0.3, -0.25) is 9.78 Å². The molecule has 6 nitrogen and oxygen atoms in total. The van der Waals surface area contributed by atoms with Gasteiger partial charge in [-0.15, -0.1) is 0 Å². The highest BCUT2D eigenvalue weighted by molar-refractivity contribution is 5.94. The summed E-state index contributed by atoms with van der Waals surface area (Å²) in [6.07, 6.45) is 7.30. The second kappa shape index (κ2) is 7.72. The van der Waals surface area contributed by atoms with E-state index in [1.54, 1.807) is 47.6 Å². The van der Waals surface area contributed by atoms with Gasteiger partial charge >= 0.3 is 0 Å². The minimum atomic E-state index is -0.363. The topological polar surface area (TPSA) is 85.0 Å². The molecule has 0 aliphatic carbocycles. The number of pyridine rings is 1. The standard InChI is InChI=1S/C21H20FN5O/c22-17-8-2-1-7-15(17)16-13-25-21(23)26-19(16)18-9-3-4-11-27(18)20(28)14-6-5-10-24-12-14/h1-2,5-8,10,12-13,18H,3-4,9,11H2,(H2,23,25,26)/t18-/m0/s1. The van der Waals surface area contributed by atoms with E-state index in [1.807, 2.05) is 0 Å². The minimum absolute atomic E-state index is 0.106. The van der Waals surface area contributed by atoms with Crippen LogP contribution in [0.2, 0.25) is 0 Å². The monoisotopic (exact) mass is 377 g/mol. The van der Waals surface area contributed by atoms with Crippen LogP contribution < -0.4 is 5.73 Å². The van der Waals surface area contributed by atoms with E-state index in [0.717, 1.165) is 19.3 Å². The van der Waals surface area contributed by atoms with Crippen molar-refractivity contribution in [2.45, 2.75) is 25.3 Å². The summed E-state index contributed by atoms with van der Waals surface area (Å²) in [5.74, 6) is -0.373. The average molecular weight is 377 g/mol. The summed E-state index contributed by atoms with van der Waals surface area (Å²) in [5.41, 5.74) is 7.91. The molecule has 1 aliphatic rings. The van der Waals surface area contributed by atoms with Crippen LogP contribution in [-0.2, 0) is 0 Å². The van der Waals surface area contributed by atoms with Gasteiger partial charge in [0.15, 0.2) is 0 Å². The number of nitrogen functional groups attached to an aromatic ring is 1. The van der Waals surface area contributed by atoms with Gasteiger partial charge < -0.3 is 10.6 Å². The number of nitrogens with two attached hydrogens (primary N) is 1. The first-order valence-corrected chi connectivity index (χ1v) is 9.23. The van der Waals surface area contributed by atoms with Gasteiger partial charge in [-0.2, -0.15) is 0 Å². The molecule has 0 unspecified atom stereocenters. The third-order valence-electron chi connectivity index (χ3n) is 4.99. The van der Waals surface area contributed by atoms with Crippen LogP contribution in [0.4, 0.5) is 10.3 Å². The van der Waals surface area contributed by atoms with Gasteiger partial charge in [0.25, 0.3) is 5.91 Å². The van der Waals surface area contributed by atoms with E-state index in [-0.39, 0.29) is 23.7 Å². The summed E-state index contributed by atoms with van der Waals surface area (Å²) in [6.45, 7) is 0.596. The quantitative estimate of drug-likeness (QED) is 0.753. The normalized spacial score (nSPS) is 16.8. The molecular weight excluding hydrogens is 357 g/mol. The smallest absolute Gasteiger partial charge is 0.255 e. The summed E-state index contributed by atoms with van der Waals surface area (Å²) < 4.78 is 14.5. The number of rotatable bonds is 3. The van der Waals surface area contributed by atoms with Crippen LogP contribution >= 0.6 is 0 Å². The highest BCUT2D eigenvalue weighted by atomic mass is 19.1. The third-order valence-corrected chi connectivity index (χ3v) is 4.99. The predicted molar refractivity (Wildman–Crippen MR) is 104 cm³/mol. The van der Waals surface area contributed by atoms with Gasteiger partial charge in [0.1, 0.15) is 5.82 Å². The molecule has 3 aromatic rings. The number of amides is 1. The van der Waals surface area contributed by atoms with Crippen LogP contribution in [0.3, 0.4) is 0 Å². The van der Waals surface area contributed by atoms with Crippen LogP contribution in [0, 0.1) is 5.82 Å². The van der Waals surface area contributed by atoms with Crippen LogP contribution in [0.1, 0.15) is 41.4 Å². The molecule has 7 heteroatoms. The molecule has 0 spiro atoms. The lowest BCUT2D eigenvalue weighted by Crippen LogP contribution is -2.39. The molecule has 0 saturated carbocycles. The number of hydrogen-bond acceptors (Lipinski definition) is 5. The first kappa shape index (κ1) is 18.0. The van der Waals surface area contributed by atoms with Crippen LogP contribution in [0.5, 0.6) is 0 Å². The van der Waals surface area contributed by atoms with E-state index in [0.29, 0.717) is 28.9 Å². The Morgan fingerprint density at radius 2 is 1.96 bits per heavy atom. The van der Waals surface area contributed by atoms with E-state index in [9.17, 15) is 9.18 Å². The van der Waals surface area contributed by atoms with E-state index < -0.39 is 0 Å². The van der Waals surface area contributed by atoms with E-state index in [1.165, 1.54) is 12.3 Å². The molecule has 0 radical (unpaired) electrons. The number of anilines is 1. The van der Waals surface area contributed by atoms with E-state index >= 15 is 0 Å².